The van der Waals surface area contributed by atoms with E-state index in [4.69, 9.17) is 16.2 Å². The highest BCUT2D eigenvalue weighted by Gasteiger charge is 2.11. The van der Waals surface area contributed by atoms with Crippen LogP contribution in [0.5, 0.6) is 0 Å². The zero-order valence-corrected chi connectivity index (χ0v) is 8.79. The molecule has 0 saturated carbocycles. The number of hydrogen-bond donors (Lipinski definition) is 2. The highest BCUT2D eigenvalue weighted by atomic mass is 16.5. The quantitative estimate of drug-likeness (QED) is 0.723. The Bertz CT molecular complexity index is 299. The van der Waals surface area contributed by atoms with Crippen molar-refractivity contribution < 1.29 is 4.74 Å². The summed E-state index contributed by atoms with van der Waals surface area (Å²) in [7, 11) is 0. The minimum atomic E-state index is 0.0839. The third kappa shape index (κ3) is 2.39. The molecule has 0 heterocycles. The molecule has 3 heteroatoms. The molecule has 78 valence electrons. The number of nitrogen functional groups attached to an aromatic ring is 2. The molecule has 0 aliphatic carbocycles. The minimum absolute atomic E-state index is 0.0839. The summed E-state index contributed by atoms with van der Waals surface area (Å²) >= 11 is 0. The van der Waals surface area contributed by atoms with E-state index in [1.165, 1.54) is 0 Å². The standard InChI is InChI=1S/C11H18N2O/c1-3-11(14-4-2)9-6-5-8(12)7-10(9)13/h5-7,11H,3-4,12-13H2,1-2H3. The molecule has 0 aliphatic heterocycles. The van der Waals surface area contributed by atoms with Crippen LogP contribution in [0.4, 0.5) is 11.4 Å². The number of rotatable bonds is 4. The smallest absolute Gasteiger partial charge is 0.0842 e. The van der Waals surface area contributed by atoms with Gasteiger partial charge in [0.15, 0.2) is 0 Å². The molecule has 0 aliphatic rings. The first kappa shape index (κ1) is 10.9. The van der Waals surface area contributed by atoms with E-state index in [2.05, 4.69) is 6.92 Å². The van der Waals surface area contributed by atoms with Crippen molar-refractivity contribution in [1.82, 2.24) is 0 Å². The Morgan fingerprint density at radius 2 is 2.00 bits per heavy atom. The van der Waals surface area contributed by atoms with Crippen LogP contribution in [0.1, 0.15) is 31.9 Å². The summed E-state index contributed by atoms with van der Waals surface area (Å²) in [6, 6.07) is 5.57. The first-order valence-corrected chi connectivity index (χ1v) is 4.95. The SMILES string of the molecule is CCOC(CC)c1ccc(N)cc1N. The van der Waals surface area contributed by atoms with Crippen molar-refractivity contribution in [3.63, 3.8) is 0 Å². The molecule has 1 aromatic rings. The van der Waals surface area contributed by atoms with Gasteiger partial charge in [0.25, 0.3) is 0 Å². The predicted octanol–water partition coefficient (Wildman–Crippen LogP) is 2.34. The number of nitrogens with two attached hydrogens (primary N) is 2. The molecular formula is C11H18N2O. The van der Waals surface area contributed by atoms with Crippen molar-refractivity contribution >= 4 is 11.4 Å². The monoisotopic (exact) mass is 194 g/mol. The van der Waals surface area contributed by atoms with Gasteiger partial charge in [0.1, 0.15) is 0 Å². The lowest BCUT2D eigenvalue weighted by molar-refractivity contribution is 0.0603. The maximum atomic E-state index is 5.87. The maximum absolute atomic E-state index is 5.87. The fraction of sp³-hybridized carbons (Fsp3) is 0.455. The van der Waals surface area contributed by atoms with Gasteiger partial charge in [-0.25, -0.2) is 0 Å². The molecule has 0 saturated heterocycles. The molecule has 4 N–H and O–H groups in total. The van der Waals surface area contributed by atoms with Gasteiger partial charge in [0.2, 0.25) is 0 Å². The van der Waals surface area contributed by atoms with Crippen LogP contribution in [0.15, 0.2) is 18.2 Å². The van der Waals surface area contributed by atoms with Gasteiger partial charge in [-0.15, -0.1) is 0 Å². The van der Waals surface area contributed by atoms with E-state index in [-0.39, 0.29) is 6.10 Å². The Morgan fingerprint density at radius 1 is 1.29 bits per heavy atom. The van der Waals surface area contributed by atoms with Crippen LogP contribution < -0.4 is 11.5 Å². The minimum Gasteiger partial charge on any atom is -0.399 e. The number of ether oxygens (including phenoxy) is 1. The Labute approximate surface area is 85.0 Å². The lowest BCUT2D eigenvalue weighted by atomic mass is 10.0. The highest BCUT2D eigenvalue weighted by Crippen LogP contribution is 2.27. The fourth-order valence-corrected chi connectivity index (χ4v) is 1.52. The summed E-state index contributed by atoms with van der Waals surface area (Å²) in [5.41, 5.74) is 13.9. The van der Waals surface area contributed by atoms with Crippen LogP contribution in [0.3, 0.4) is 0 Å². The summed E-state index contributed by atoms with van der Waals surface area (Å²) in [6.45, 7) is 4.76. The van der Waals surface area contributed by atoms with E-state index >= 15 is 0 Å². The second-order valence-corrected chi connectivity index (χ2v) is 3.24. The van der Waals surface area contributed by atoms with Crippen molar-refractivity contribution in [2.24, 2.45) is 0 Å². The molecule has 0 spiro atoms. The largest absolute Gasteiger partial charge is 0.399 e. The van der Waals surface area contributed by atoms with Gasteiger partial charge in [-0.05, 0) is 25.5 Å². The molecule has 1 unspecified atom stereocenters. The predicted molar refractivity (Wildman–Crippen MR) is 59.9 cm³/mol. The van der Waals surface area contributed by atoms with E-state index in [9.17, 15) is 0 Å². The topological polar surface area (TPSA) is 61.3 Å². The number of benzene rings is 1. The van der Waals surface area contributed by atoms with Crippen LogP contribution >= 0.6 is 0 Å². The van der Waals surface area contributed by atoms with Gasteiger partial charge in [0.05, 0.1) is 6.10 Å². The van der Waals surface area contributed by atoms with E-state index < -0.39 is 0 Å². The molecule has 0 fully saturated rings. The van der Waals surface area contributed by atoms with Gasteiger partial charge in [-0.1, -0.05) is 13.0 Å². The van der Waals surface area contributed by atoms with Crippen LogP contribution in [0.25, 0.3) is 0 Å². The van der Waals surface area contributed by atoms with Crippen LogP contribution in [0.2, 0.25) is 0 Å². The Balaban J connectivity index is 2.92. The lowest BCUT2D eigenvalue weighted by Gasteiger charge is -2.17. The van der Waals surface area contributed by atoms with Crippen molar-refractivity contribution in [2.75, 3.05) is 18.1 Å². The zero-order valence-electron chi connectivity index (χ0n) is 8.79. The maximum Gasteiger partial charge on any atom is 0.0842 e. The summed E-state index contributed by atoms with van der Waals surface area (Å²) in [5.74, 6) is 0. The summed E-state index contributed by atoms with van der Waals surface area (Å²) in [5, 5.41) is 0. The van der Waals surface area contributed by atoms with Gasteiger partial charge in [-0.3, -0.25) is 0 Å². The second kappa shape index (κ2) is 4.86. The summed E-state index contributed by atoms with van der Waals surface area (Å²) < 4.78 is 5.58. The summed E-state index contributed by atoms with van der Waals surface area (Å²) in [6.07, 6.45) is 1.00. The molecule has 3 nitrogen and oxygen atoms in total. The fourth-order valence-electron chi connectivity index (χ4n) is 1.52. The molecule has 1 rings (SSSR count). The first-order chi connectivity index (χ1) is 6.69. The van der Waals surface area contributed by atoms with Gasteiger partial charge in [0, 0.05) is 23.5 Å². The van der Waals surface area contributed by atoms with Crippen molar-refractivity contribution in [3.05, 3.63) is 23.8 Å². The van der Waals surface area contributed by atoms with Crippen molar-refractivity contribution in [3.8, 4) is 0 Å². The first-order valence-electron chi connectivity index (χ1n) is 4.95. The van der Waals surface area contributed by atoms with Gasteiger partial charge < -0.3 is 16.2 Å². The Kier molecular flexibility index (Phi) is 3.77. The highest BCUT2D eigenvalue weighted by molar-refractivity contribution is 5.57. The normalized spacial score (nSPS) is 12.7. The Morgan fingerprint density at radius 3 is 2.50 bits per heavy atom. The average Bonchev–Trinajstić information content (AvgIpc) is 2.15. The molecular weight excluding hydrogens is 176 g/mol. The number of anilines is 2. The Hall–Kier alpha value is -1.22. The third-order valence-corrected chi connectivity index (χ3v) is 2.20. The third-order valence-electron chi connectivity index (χ3n) is 2.20. The zero-order chi connectivity index (χ0) is 10.6. The molecule has 1 atom stereocenters. The average molecular weight is 194 g/mol. The van der Waals surface area contributed by atoms with E-state index in [0.717, 1.165) is 12.0 Å². The molecule has 1 aromatic carbocycles. The van der Waals surface area contributed by atoms with E-state index in [0.29, 0.717) is 18.0 Å². The molecule has 0 aromatic heterocycles. The van der Waals surface area contributed by atoms with Crippen LogP contribution in [0, 0.1) is 0 Å². The van der Waals surface area contributed by atoms with Crippen LogP contribution in [-0.2, 0) is 4.74 Å². The van der Waals surface area contributed by atoms with Gasteiger partial charge >= 0.3 is 0 Å². The molecule has 0 bridgehead atoms. The number of hydrogen-bond acceptors (Lipinski definition) is 3. The van der Waals surface area contributed by atoms with Crippen molar-refractivity contribution in [1.29, 1.82) is 0 Å². The summed E-state index contributed by atoms with van der Waals surface area (Å²) in [4.78, 5) is 0. The van der Waals surface area contributed by atoms with Crippen LogP contribution in [-0.4, -0.2) is 6.61 Å². The van der Waals surface area contributed by atoms with E-state index in [1.54, 1.807) is 6.07 Å². The molecule has 0 amide bonds. The van der Waals surface area contributed by atoms with Gasteiger partial charge in [-0.2, -0.15) is 0 Å². The molecule has 14 heavy (non-hydrogen) atoms. The van der Waals surface area contributed by atoms with E-state index in [1.807, 2.05) is 19.1 Å². The molecule has 0 radical (unpaired) electrons. The lowest BCUT2D eigenvalue weighted by Crippen LogP contribution is -2.06. The van der Waals surface area contributed by atoms with Crippen molar-refractivity contribution in [2.45, 2.75) is 26.4 Å². The second-order valence-electron chi connectivity index (χ2n) is 3.24.